The SMILES string of the molecule is Cc1cccnc1CNC(=O)NC(C)CC(=O)O. The summed E-state index contributed by atoms with van der Waals surface area (Å²) in [6.07, 6.45) is 1.56. The number of pyridine rings is 1. The van der Waals surface area contributed by atoms with Gasteiger partial charge in [-0.05, 0) is 25.5 Å². The van der Waals surface area contributed by atoms with Gasteiger partial charge in [0, 0.05) is 12.2 Å². The Morgan fingerprint density at radius 1 is 1.50 bits per heavy atom. The molecule has 2 amide bonds. The van der Waals surface area contributed by atoms with E-state index in [0.717, 1.165) is 11.3 Å². The Morgan fingerprint density at radius 2 is 2.22 bits per heavy atom. The van der Waals surface area contributed by atoms with Crippen LogP contribution in [-0.4, -0.2) is 28.1 Å². The fourth-order valence-corrected chi connectivity index (χ4v) is 1.46. The standard InChI is InChI=1S/C12H17N3O3/c1-8-4-3-5-13-10(8)7-14-12(18)15-9(2)6-11(16)17/h3-5,9H,6-7H2,1-2H3,(H,16,17)(H2,14,15,18). The Kier molecular flexibility index (Phi) is 5.10. The highest BCUT2D eigenvalue weighted by Gasteiger charge is 2.10. The lowest BCUT2D eigenvalue weighted by Crippen LogP contribution is -2.41. The van der Waals surface area contributed by atoms with Crippen LogP contribution in [0.15, 0.2) is 18.3 Å². The van der Waals surface area contributed by atoms with Gasteiger partial charge in [-0.2, -0.15) is 0 Å². The van der Waals surface area contributed by atoms with E-state index in [4.69, 9.17) is 5.11 Å². The summed E-state index contributed by atoms with van der Waals surface area (Å²) in [6, 6.07) is 2.93. The molecule has 0 aliphatic heterocycles. The molecule has 0 radical (unpaired) electrons. The Balaban J connectivity index is 2.38. The number of carbonyl (C=O) groups excluding carboxylic acids is 1. The number of carboxylic acid groups (broad SMARTS) is 1. The van der Waals surface area contributed by atoms with Crippen LogP contribution in [0.25, 0.3) is 0 Å². The molecule has 6 nitrogen and oxygen atoms in total. The molecular formula is C12H17N3O3. The first kappa shape index (κ1) is 14.0. The van der Waals surface area contributed by atoms with Gasteiger partial charge in [0.15, 0.2) is 0 Å². The summed E-state index contributed by atoms with van der Waals surface area (Å²) in [4.78, 5) is 26.1. The number of hydrogen-bond donors (Lipinski definition) is 3. The molecule has 6 heteroatoms. The van der Waals surface area contributed by atoms with E-state index in [2.05, 4.69) is 15.6 Å². The molecule has 1 aromatic heterocycles. The fourth-order valence-electron chi connectivity index (χ4n) is 1.46. The number of rotatable bonds is 5. The van der Waals surface area contributed by atoms with Crippen molar-refractivity contribution < 1.29 is 14.7 Å². The minimum absolute atomic E-state index is 0.101. The van der Waals surface area contributed by atoms with Crippen LogP contribution in [0.4, 0.5) is 4.79 Å². The van der Waals surface area contributed by atoms with Gasteiger partial charge in [0.05, 0.1) is 18.7 Å². The van der Waals surface area contributed by atoms with Crippen LogP contribution in [0.1, 0.15) is 24.6 Å². The molecule has 1 rings (SSSR count). The smallest absolute Gasteiger partial charge is 0.315 e. The molecule has 0 spiro atoms. The lowest BCUT2D eigenvalue weighted by Gasteiger charge is -2.12. The van der Waals surface area contributed by atoms with Crippen molar-refractivity contribution in [1.82, 2.24) is 15.6 Å². The second kappa shape index (κ2) is 6.58. The second-order valence-corrected chi connectivity index (χ2v) is 4.09. The normalized spacial score (nSPS) is 11.7. The molecule has 18 heavy (non-hydrogen) atoms. The summed E-state index contributed by atoms with van der Waals surface area (Å²) in [6.45, 7) is 3.87. The molecule has 0 saturated carbocycles. The van der Waals surface area contributed by atoms with E-state index in [-0.39, 0.29) is 6.42 Å². The highest BCUT2D eigenvalue weighted by molar-refractivity contribution is 5.75. The van der Waals surface area contributed by atoms with E-state index in [9.17, 15) is 9.59 Å². The molecule has 3 N–H and O–H groups in total. The second-order valence-electron chi connectivity index (χ2n) is 4.09. The predicted octanol–water partition coefficient (Wildman–Crippen LogP) is 1.05. The maximum atomic E-state index is 11.5. The average molecular weight is 251 g/mol. The van der Waals surface area contributed by atoms with E-state index in [1.807, 2.05) is 19.1 Å². The number of carboxylic acids is 1. The lowest BCUT2D eigenvalue weighted by molar-refractivity contribution is -0.137. The highest BCUT2D eigenvalue weighted by atomic mass is 16.4. The largest absolute Gasteiger partial charge is 0.481 e. The van der Waals surface area contributed by atoms with Crippen molar-refractivity contribution in [3.8, 4) is 0 Å². The first-order valence-electron chi connectivity index (χ1n) is 5.65. The zero-order chi connectivity index (χ0) is 13.5. The van der Waals surface area contributed by atoms with Gasteiger partial charge in [0.25, 0.3) is 0 Å². The van der Waals surface area contributed by atoms with Crippen LogP contribution in [0.5, 0.6) is 0 Å². The topological polar surface area (TPSA) is 91.3 Å². The van der Waals surface area contributed by atoms with Gasteiger partial charge < -0.3 is 15.7 Å². The zero-order valence-corrected chi connectivity index (χ0v) is 10.4. The molecule has 0 aromatic carbocycles. The quantitative estimate of drug-likeness (QED) is 0.729. The lowest BCUT2D eigenvalue weighted by atomic mass is 10.2. The minimum atomic E-state index is -0.941. The number of carbonyl (C=O) groups is 2. The fraction of sp³-hybridized carbons (Fsp3) is 0.417. The Bertz CT molecular complexity index is 434. The molecule has 1 heterocycles. The molecule has 98 valence electrons. The number of aromatic nitrogens is 1. The minimum Gasteiger partial charge on any atom is -0.481 e. The van der Waals surface area contributed by atoms with E-state index in [1.54, 1.807) is 13.1 Å². The third-order valence-electron chi connectivity index (χ3n) is 2.39. The van der Waals surface area contributed by atoms with Crippen molar-refractivity contribution in [2.75, 3.05) is 0 Å². The summed E-state index contributed by atoms with van der Waals surface area (Å²) in [5.41, 5.74) is 1.79. The Morgan fingerprint density at radius 3 is 2.83 bits per heavy atom. The molecule has 0 bridgehead atoms. The molecule has 1 atom stereocenters. The number of hydrogen-bond acceptors (Lipinski definition) is 3. The van der Waals surface area contributed by atoms with Crippen molar-refractivity contribution in [2.24, 2.45) is 0 Å². The summed E-state index contributed by atoms with van der Waals surface area (Å²) in [5.74, 6) is -0.941. The summed E-state index contributed by atoms with van der Waals surface area (Å²) < 4.78 is 0. The Labute approximate surface area is 105 Å². The van der Waals surface area contributed by atoms with Gasteiger partial charge in [0.2, 0.25) is 0 Å². The third-order valence-corrected chi connectivity index (χ3v) is 2.39. The van der Waals surface area contributed by atoms with Gasteiger partial charge in [0.1, 0.15) is 0 Å². The van der Waals surface area contributed by atoms with Crippen LogP contribution < -0.4 is 10.6 Å². The van der Waals surface area contributed by atoms with Gasteiger partial charge in [-0.25, -0.2) is 4.79 Å². The number of amides is 2. The van der Waals surface area contributed by atoms with Gasteiger partial charge >= 0.3 is 12.0 Å². The zero-order valence-electron chi connectivity index (χ0n) is 10.4. The van der Waals surface area contributed by atoms with Crippen molar-refractivity contribution >= 4 is 12.0 Å². The first-order valence-corrected chi connectivity index (χ1v) is 5.65. The number of urea groups is 1. The van der Waals surface area contributed by atoms with E-state index in [1.165, 1.54) is 0 Å². The van der Waals surface area contributed by atoms with Crippen molar-refractivity contribution in [2.45, 2.75) is 32.9 Å². The first-order chi connectivity index (χ1) is 8.49. The van der Waals surface area contributed by atoms with Gasteiger partial charge in [-0.15, -0.1) is 0 Å². The number of nitrogens with one attached hydrogen (secondary N) is 2. The van der Waals surface area contributed by atoms with Crippen molar-refractivity contribution in [1.29, 1.82) is 0 Å². The number of aliphatic carboxylic acids is 1. The van der Waals surface area contributed by atoms with E-state index in [0.29, 0.717) is 6.54 Å². The summed E-state index contributed by atoms with van der Waals surface area (Å²) in [5, 5.41) is 13.7. The van der Waals surface area contributed by atoms with Crippen LogP contribution in [0, 0.1) is 6.92 Å². The van der Waals surface area contributed by atoms with Gasteiger partial charge in [-0.3, -0.25) is 9.78 Å². The highest BCUT2D eigenvalue weighted by Crippen LogP contribution is 2.02. The molecule has 0 fully saturated rings. The van der Waals surface area contributed by atoms with Crippen LogP contribution in [0.2, 0.25) is 0 Å². The summed E-state index contributed by atoms with van der Waals surface area (Å²) in [7, 11) is 0. The van der Waals surface area contributed by atoms with E-state index >= 15 is 0 Å². The average Bonchev–Trinajstić information content (AvgIpc) is 2.26. The van der Waals surface area contributed by atoms with Crippen molar-refractivity contribution in [3.05, 3.63) is 29.6 Å². The van der Waals surface area contributed by atoms with Crippen molar-refractivity contribution in [3.63, 3.8) is 0 Å². The number of nitrogens with zero attached hydrogens (tertiary/aromatic N) is 1. The molecule has 0 saturated heterocycles. The van der Waals surface area contributed by atoms with Crippen LogP contribution >= 0.6 is 0 Å². The summed E-state index contributed by atoms with van der Waals surface area (Å²) >= 11 is 0. The van der Waals surface area contributed by atoms with Gasteiger partial charge in [-0.1, -0.05) is 6.07 Å². The maximum Gasteiger partial charge on any atom is 0.315 e. The molecule has 0 aliphatic carbocycles. The number of aryl methyl sites for hydroxylation is 1. The maximum absolute atomic E-state index is 11.5. The van der Waals surface area contributed by atoms with Crippen LogP contribution in [-0.2, 0) is 11.3 Å². The molecule has 1 unspecified atom stereocenters. The van der Waals surface area contributed by atoms with E-state index < -0.39 is 18.0 Å². The molecule has 0 aliphatic rings. The van der Waals surface area contributed by atoms with Crippen LogP contribution in [0.3, 0.4) is 0 Å². The third kappa shape index (κ3) is 4.82. The predicted molar refractivity (Wildman–Crippen MR) is 66.1 cm³/mol. The molecular weight excluding hydrogens is 234 g/mol. The Hall–Kier alpha value is -2.11. The monoisotopic (exact) mass is 251 g/mol. The molecule has 1 aromatic rings.